The molecule has 1 heterocycles. The number of carbonyl (C=O) groups excluding carboxylic acids is 1. The first-order valence-electron chi connectivity index (χ1n) is 5.34. The molecule has 0 atom stereocenters. The molecule has 0 bridgehead atoms. The molecule has 1 aromatic heterocycles. The Bertz CT molecular complexity index is 402. The van der Waals surface area contributed by atoms with Gasteiger partial charge < -0.3 is 9.72 Å². The highest BCUT2D eigenvalue weighted by atomic mass is 127. The molecule has 16 heavy (non-hydrogen) atoms. The molecular weight excluding hydrogens is 317 g/mol. The van der Waals surface area contributed by atoms with Gasteiger partial charge >= 0.3 is 5.97 Å². The number of aromatic amines is 1. The number of aromatic nitrogens is 1. The quantitative estimate of drug-likeness (QED) is 0.665. The number of esters is 1. The molecule has 0 saturated carbocycles. The number of halogens is 1. The van der Waals surface area contributed by atoms with E-state index in [1.54, 1.807) is 0 Å². The summed E-state index contributed by atoms with van der Waals surface area (Å²) in [5.74, 6) is -0.270. The van der Waals surface area contributed by atoms with Gasteiger partial charge in [-0.05, 0) is 53.0 Å². The summed E-state index contributed by atoms with van der Waals surface area (Å²) >= 11 is 2.23. The Morgan fingerprint density at radius 3 is 2.38 bits per heavy atom. The molecule has 0 aromatic carbocycles. The summed E-state index contributed by atoms with van der Waals surface area (Å²) < 4.78 is 6.04. The van der Waals surface area contributed by atoms with E-state index in [1.807, 2.05) is 13.8 Å². The van der Waals surface area contributed by atoms with E-state index in [0.29, 0.717) is 12.3 Å². The normalized spacial score (nSPS) is 11.6. The van der Waals surface area contributed by atoms with Crippen LogP contribution in [-0.2, 0) is 10.2 Å². The first-order chi connectivity index (χ1) is 7.29. The fraction of sp³-hybridized carbons (Fsp3) is 0.583. The number of H-pyrrole nitrogens is 1. The van der Waals surface area contributed by atoms with Gasteiger partial charge in [-0.3, -0.25) is 0 Å². The van der Waals surface area contributed by atoms with Crippen molar-refractivity contribution in [1.29, 1.82) is 0 Å². The molecule has 4 heteroatoms. The van der Waals surface area contributed by atoms with Crippen molar-refractivity contribution in [1.82, 2.24) is 4.98 Å². The second kappa shape index (κ2) is 4.77. The molecule has 90 valence electrons. The minimum Gasteiger partial charge on any atom is -0.461 e. The molecule has 1 rings (SSSR count). The van der Waals surface area contributed by atoms with E-state index in [9.17, 15) is 4.79 Å². The van der Waals surface area contributed by atoms with Crippen molar-refractivity contribution in [2.45, 2.75) is 40.0 Å². The first-order valence-corrected chi connectivity index (χ1v) is 6.42. The summed E-state index contributed by atoms with van der Waals surface area (Å²) in [6.07, 6.45) is 0. The number of rotatable bonds is 2. The van der Waals surface area contributed by atoms with Gasteiger partial charge in [0.25, 0.3) is 0 Å². The van der Waals surface area contributed by atoms with Gasteiger partial charge in [0.2, 0.25) is 0 Å². The molecule has 3 nitrogen and oxygen atoms in total. The van der Waals surface area contributed by atoms with Crippen molar-refractivity contribution in [3.63, 3.8) is 0 Å². The topological polar surface area (TPSA) is 42.1 Å². The SMILES string of the molecule is CCOC(=O)c1[nH]c(I)c(C(C)(C)C)c1C. The summed E-state index contributed by atoms with van der Waals surface area (Å²) in [7, 11) is 0. The second-order valence-corrected chi connectivity index (χ2v) is 5.86. The van der Waals surface area contributed by atoms with Crippen LogP contribution in [0, 0.1) is 10.6 Å². The number of hydrogen-bond acceptors (Lipinski definition) is 2. The van der Waals surface area contributed by atoms with E-state index >= 15 is 0 Å². The van der Waals surface area contributed by atoms with Gasteiger partial charge in [0, 0.05) is 0 Å². The summed E-state index contributed by atoms with van der Waals surface area (Å²) in [5.41, 5.74) is 2.80. The van der Waals surface area contributed by atoms with Gasteiger partial charge in [0.1, 0.15) is 5.69 Å². The number of nitrogens with one attached hydrogen (secondary N) is 1. The van der Waals surface area contributed by atoms with Gasteiger partial charge in [-0.25, -0.2) is 4.79 Å². The minimum atomic E-state index is -0.270. The molecule has 0 aliphatic carbocycles. The lowest BCUT2D eigenvalue weighted by Crippen LogP contribution is -2.14. The van der Waals surface area contributed by atoms with Crippen LogP contribution in [0.5, 0.6) is 0 Å². The fourth-order valence-electron chi connectivity index (χ4n) is 1.85. The lowest BCUT2D eigenvalue weighted by molar-refractivity contribution is 0.0519. The standard InChI is InChI=1S/C12H18INO2/c1-6-16-11(15)9-7(2)8(10(13)14-9)12(3,4)5/h14H,6H2,1-5H3. The van der Waals surface area contributed by atoms with Crippen molar-refractivity contribution < 1.29 is 9.53 Å². The molecule has 0 aliphatic heterocycles. The maximum Gasteiger partial charge on any atom is 0.355 e. The highest BCUT2D eigenvalue weighted by molar-refractivity contribution is 14.1. The molecule has 1 N–H and O–H groups in total. The van der Waals surface area contributed by atoms with E-state index in [1.165, 1.54) is 5.56 Å². The monoisotopic (exact) mass is 335 g/mol. The maximum atomic E-state index is 11.7. The zero-order valence-electron chi connectivity index (χ0n) is 10.4. The summed E-state index contributed by atoms with van der Waals surface area (Å²) in [6.45, 7) is 10.6. The fourth-order valence-corrected chi connectivity index (χ4v) is 3.34. The lowest BCUT2D eigenvalue weighted by Gasteiger charge is -2.19. The van der Waals surface area contributed by atoms with Gasteiger partial charge in [-0.15, -0.1) is 0 Å². The van der Waals surface area contributed by atoms with Crippen LogP contribution >= 0.6 is 22.6 Å². The van der Waals surface area contributed by atoms with Crippen LogP contribution in [-0.4, -0.2) is 17.6 Å². The molecule has 0 amide bonds. The zero-order chi connectivity index (χ0) is 12.5. The Morgan fingerprint density at radius 2 is 2.00 bits per heavy atom. The third kappa shape index (κ3) is 2.59. The Hall–Kier alpha value is -0.520. The molecule has 1 aromatic rings. The summed E-state index contributed by atoms with van der Waals surface area (Å²) in [4.78, 5) is 14.8. The highest BCUT2D eigenvalue weighted by Crippen LogP contribution is 2.32. The predicted octanol–water partition coefficient (Wildman–Crippen LogP) is 3.40. The molecule has 0 fully saturated rings. The van der Waals surface area contributed by atoms with Gasteiger partial charge in [-0.2, -0.15) is 0 Å². The zero-order valence-corrected chi connectivity index (χ0v) is 12.6. The van der Waals surface area contributed by atoms with Gasteiger partial charge in [-0.1, -0.05) is 20.8 Å². The van der Waals surface area contributed by atoms with Crippen LogP contribution in [0.25, 0.3) is 0 Å². The average Bonchev–Trinajstić information content (AvgIpc) is 2.41. The third-order valence-electron chi connectivity index (χ3n) is 2.43. The van der Waals surface area contributed by atoms with E-state index in [2.05, 4.69) is 48.3 Å². The maximum absolute atomic E-state index is 11.7. The summed E-state index contributed by atoms with van der Waals surface area (Å²) in [6, 6.07) is 0. The van der Waals surface area contributed by atoms with Crippen molar-refractivity contribution in [2.75, 3.05) is 6.61 Å². The minimum absolute atomic E-state index is 0.0296. The highest BCUT2D eigenvalue weighted by Gasteiger charge is 2.26. The Labute approximate surface area is 110 Å². The molecule has 0 unspecified atom stereocenters. The molecule has 0 aliphatic rings. The van der Waals surface area contributed by atoms with E-state index in [-0.39, 0.29) is 11.4 Å². The number of ether oxygens (including phenoxy) is 1. The van der Waals surface area contributed by atoms with Gasteiger partial charge in [0.15, 0.2) is 0 Å². The molecule has 0 radical (unpaired) electrons. The van der Waals surface area contributed by atoms with E-state index in [0.717, 1.165) is 9.26 Å². The molecule has 0 saturated heterocycles. The first kappa shape index (κ1) is 13.5. The smallest absolute Gasteiger partial charge is 0.355 e. The lowest BCUT2D eigenvalue weighted by atomic mass is 9.86. The second-order valence-electron chi connectivity index (χ2n) is 4.78. The van der Waals surface area contributed by atoms with Crippen LogP contribution in [0.3, 0.4) is 0 Å². The van der Waals surface area contributed by atoms with Crippen LogP contribution in [0.15, 0.2) is 0 Å². The van der Waals surface area contributed by atoms with Gasteiger partial charge in [0.05, 0.1) is 10.3 Å². The predicted molar refractivity (Wildman–Crippen MR) is 72.9 cm³/mol. The van der Waals surface area contributed by atoms with Crippen LogP contribution in [0.1, 0.15) is 49.3 Å². The Morgan fingerprint density at radius 1 is 1.44 bits per heavy atom. The number of hydrogen-bond donors (Lipinski definition) is 1. The molecular formula is C12H18INO2. The van der Waals surface area contributed by atoms with Crippen molar-refractivity contribution in [3.05, 3.63) is 20.5 Å². The Kier molecular flexibility index (Phi) is 4.04. The van der Waals surface area contributed by atoms with Crippen molar-refractivity contribution in [3.8, 4) is 0 Å². The van der Waals surface area contributed by atoms with Crippen molar-refractivity contribution in [2.24, 2.45) is 0 Å². The third-order valence-corrected chi connectivity index (χ3v) is 3.24. The Balaban J connectivity index is 3.22. The van der Waals surface area contributed by atoms with E-state index in [4.69, 9.17) is 4.74 Å². The van der Waals surface area contributed by atoms with E-state index < -0.39 is 0 Å². The largest absolute Gasteiger partial charge is 0.461 e. The summed E-state index contributed by atoms with van der Waals surface area (Å²) in [5, 5.41) is 0. The number of carbonyl (C=O) groups is 1. The van der Waals surface area contributed by atoms with Crippen molar-refractivity contribution >= 4 is 28.6 Å². The van der Waals surface area contributed by atoms with Crippen LogP contribution in [0.2, 0.25) is 0 Å². The average molecular weight is 335 g/mol. The molecule has 0 spiro atoms. The van der Waals surface area contributed by atoms with Crippen LogP contribution in [0.4, 0.5) is 0 Å². The van der Waals surface area contributed by atoms with Crippen LogP contribution < -0.4 is 0 Å².